The van der Waals surface area contributed by atoms with Gasteiger partial charge in [0, 0.05) is 24.8 Å². The molecule has 0 aliphatic rings. The minimum absolute atomic E-state index is 0.130. The number of para-hydroxylation sites is 1. The van der Waals surface area contributed by atoms with Crippen LogP contribution in [0.1, 0.15) is 30.6 Å². The lowest BCUT2D eigenvalue weighted by atomic mass is 9.99. The lowest BCUT2D eigenvalue weighted by Crippen LogP contribution is -2.25. The van der Waals surface area contributed by atoms with Gasteiger partial charge in [0.2, 0.25) is 0 Å². The third-order valence-electron chi connectivity index (χ3n) is 3.75. The summed E-state index contributed by atoms with van der Waals surface area (Å²) in [6.07, 6.45) is 4.82. The van der Waals surface area contributed by atoms with Crippen molar-refractivity contribution in [1.82, 2.24) is 20.1 Å². The van der Waals surface area contributed by atoms with E-state index in [0.717, 1.165) is 18.5 Å². The summed E-state index contributed by atoms with van der Waals surface area (Å²) in [5.74, 6) is 0. The molecular formula is C17H20N4. The highest BCUT2D eigenvalue weighted by Crippen LogP contribution is 2.27. The number of rotatable bonds is 5. The summed E-state index contributed by atoms with van der Waals surface area (Å²) in [6.45, 7) is 3.14. The first-order chi connectivity index (χ1) is 10.3. The van der Waals surface area contributed by atoms with Gasteiger partial charge in [-0.25, -0.2) is 0 Å². The topological polar surface area (TPSA) is 42.7 Å². The predicted octanol–water partition coefficient (Wildman–Crippen LogP) is 3.06. The summed E-state index contributed by atoms with van der Waals surface area (Å²) < 4.78 is 1.93. The third kappa shape index (κ3) is 2.67. The molecule has 1 atom stereocenters. The number of aromatic nitrogens is 3. The third-order valence-corrected chi connectivity index (χ3v) is 3.75. The minimum Gasteiger partial charge on any atom is -0.305 e. The number of nitrogens with one attached hydrogen (secondary N) is 1. The van der Waals surface area contributed by atoms with Gasteiger partial charge in [0.15, 0.2) is 0 Å². The molecule has 21 heavy (non-hydrogen) atoms. The quantitative estimate of drug-likeness (QED) is 0.781. The van der Waals surface area contributed by atoms with Gasteiger partial charge in [-0.15, -0.1) is 0 Å². The first-order valence-electron chi connectivity index (χ1n) is 7.36. The number of fused-ring (bicyclic) bond motifs is 1. The Hall–Kier alpha value is -2.20. The van der Waals surface area contributed by atoms with Crippen LogP contribution in [0.25, 0.3) is 10.9 Å². The second kappa shape index (κ2) is 6.06. The Bertz CT molecular complexity index is 727. The number of nitrogens with zero attached hydrogens (tertiary/aromatic N) is 3. The summed E-state index contributed by atoms with van der Waals surface area (Å²) >= 11 is 0. The van der Waals surface area contributed by atoms with Gasteiger partial charge in [-0.05, 0) is 36.7 Å². The minimum atomic E-state index is 0.130. The summed E-state index contributed by atoms with van der Waals surface area (Å²) in [5.41, 5.74) is 3.44. The van der Waals surface area contributed by atoms with Crippen molar-refractivity contribution in [2.75, 3.05) is 6.54 Å². The fourth-order valence-corrected chi connectivity index (χ4v) is 2.70. The Morgan fingerprint density at radius 1 is 1.14 bits per heavy atom. The van der Waals surface area contributed by atoms with E-state index in [9.17, 15) is 0 Å². The van der Waals surface area contributed by atoms with Crippen molar-refractivity contribution in [3.8, 4) is 0 Å². The van der Waals surface area contributed by atoms with Crippen molar-refractivity contribution in [2.24, 2.45) is 7.05 Å². The molecule has 2 heterocycles. The molecule has 108 valence electrons. The molecule has 0 fully saturated rings. The van der Waals surface area contributed by atoms with Gasteiger partial charge >= 0.3 is 0 Å². The van der Waals surface area contributed by atoms with Crippen LogP contribution in [0.5, 0.6) is 0 Å². The smallest absolute Gasteiger partial charge is 0.0755 e. The Morgan fingerprint density at radius 2 is 2.00 bits per heavy atom. The van der Waals surface area contributed by atoms with Crippen molar-refractivity contribution < 1.29 is 0 Å². The van der Waals surface area contributed by atoms with Crippen LogP contribution in [0.4, 0.5) is 0 Å². The summed E-state index contributed by atoms with van der Waals surface area (Å²) in [5, 5.41) is 9.13. The van der Waals surface area contributed by atoms with Crippen LogP contribution in [-0.4, -0.2) is 21.3 Å². The molecule has 3 rings (SSSR count). The maximum absolute atomic E-state index is 4.46. The summed E-state index contributed by atoms with van der Waals surface area (Å²) in [7, 11) is 1.99. The molecule has 4 nitrogen and oxygen atoms in total. The van der Waals surface area contributed by atoms with Crippen LogP contribution in [0, 0.1) is 0 Å². The molecule has 0 saturated carbocycles. The normalized spacial score (nSPS) is 12.7. The largest absolute Gasteiger partial charge is 0.305 e. The average Bonchev–Trinajstić information content (AvgIpc) is 2.94. The number of benzene rings is 1. The molecule has 1 aromatic carbocycles. The maximum Gasteiger partial charge on any atom is 0.0755 e. The van der Waals surface area contributed by atoms with Crippen LogP contribution < -0.4 is 5.32 Å². The highest BCUT2D eigenvalue weighted by molar-refractivity contribution is 5.82. The Labute approximate surface area is 124 Å². The van der Waals surface area contributed by atoms with Gasteiger partial charge in [0.05, 0.1) is 17.3 Å². The molecule has 0 amide bonds. The van der Waals surface area contributed by atoms with Gasteiger partial charge in [-0.2, -0.15) is 5.10 Å². The maximum atomic E-state index is 4.46. The molecule has 1 unspecified atom stereocenters. The molecular weight excluding hydrogens is 260 g/mol. The zero-order chi connectivity index (χ0) is 14.7. The SMILES string of the molecule is CCCNC(c1ccnc2ccccc12)c1ccnn1C. The molecule has 4 heteroatoms. The molecule has 3 aromatic rings. The molecule has 0 aliphatic carbocycles. The average molecular weight is 280 g/mol. The molecule has 0 aliphatic heterocycles. The fourth-order valence-electron chi connectivity index (χ4n) is 2.70. The lowest BCUT2D eigenvalue weighted by molar-refractivity contribution is 0.556. The van der Waals surface area contributed by atoms with Crippen LogP contribution in [0.15, 0.2) is 48.8 Å². The summed E-state index contributed by atoms with van der Waals surface area (Å²) in [4.78, 5) is 4.46. The van der Waals surface area contributed by atoms with Crippen molar-refractivity contribution in [1.29, 1.82) is 0 Å². The van der Waals surface area contributed by atoms with Crippen LogP contribution in [0.3, 0.4) is 0 Å². The fraction of sp³-hybridized carbons (Fsp3) is 0.294. The molecule has 0 spiro atoms. The standard InChI is InChI=1S/C17H20N4/c1-3-10-19-17(16-9-12-20-21(16)2)14-8-11-18-15-7-5-4-6-13(14)15/h4-9,11-12,17,19H,3,10H2,1-2H3. The van der Waals surface area contributed by atoms with Gasteiger partial charge in [-0.1, -0.05) is 25.1 Å². The van der Waals surface area contributed by atoms with E-state index in [1.807, 2.05) is 30.2 Å². The molecule has 1 N–H and O–H groups in total. The Kier molecular flexibility index (Phi) is 3.97. The number of hydrogen-bond acceptors (Lipinski definition) is 3. The van der Waals surface area contributed by atoms with Gasteiger partial charge in [0.25, 0.3) is 0 Å². The van der Waals surface area contributed by atoms with Crippen molar-refractivity contribution in [3.05, 3.63) is 60.0 Å². The zero-order valence-corrected chi connectivity index (χ0v) is 12.5. The highest BCUT2D eigenvalue weighted by atomic mass is 15.3. The van der Waals surface area contributed by atoms with Gasteiger partial charge < -0.3 is 5.32 Å². The van der Waals surface area contributed by atoms with Crippen LogP contribution >= 0.6 is 0 Å². The van der Waals surface area contributed by atoms with Gasteiger partial charge in [0.1, 0.15) is 0 Å². The van der Waals surface area contributed by atoms with E-state index < -0.39 is 0 Å². The Morgan fingerprint density at radius 3 is 2.76 bits per heavy atom. The predicted molar refractivity (Wildman–Crippen MR) is 85.1 cm³/mol. The van der Waals surface area contributed by atoms with E-state index in [4.69, 9.17) is 0 Å². The molecule has 0 saturated heterocycles. The van der Waals surface area contributed by atoms with Crippen molar-refractivity contribution in [3.63, 3.8) is 0 Å². The lowest BCUT2D eigenvalue weighted by Gasteiger charge is -2.21. The van der Waals surface area contributed by atoms with Crippen molar-refractivity contribution >= 4 is 10.9 Å². The van der Waals surface area contributed by atoms with Crippen LogP contribution in [-0.2, 0) is 7.05 Å². The molecule has 0 radical (unpaired) electrons. The first kappa shape index (κ1) is 13.8. The molecule has 0 bridgehead atoms. The summed E-state index contributed by atoms with van der Waals surface area (Å²) in [6, 6.07) is 12.6. The molecule has 2 aromatic heterocycles. The number of hydrogen-bond donors (Lipinski definition) is 1. The number of aryl methyl sites for hydroxylation is 1. The van der Waals surface area contributed by atoms with Gasteiger partial charge in [-0.3, -0.25) is 9.67 Å². The monoisotopic (exact) mass is 280 g/mol. The first-order valence-corrected chi connectivity index (χ1v) is 7.36. The van der Waals surface area contributed by atoms with E-state index in [0.29, 0.717) is 0 Å². The zero-order valence-electron chi connectivity index (χ0n) is 12.5. The van der Waals surface area contributed by atoms with E-state index in [1.165, 1.54) is 16.6 Å². The second-order valence-corrected chi connectivity index (χ2v) is 5.18. The van der Waals surface area contributed by atoms with Crippen molar-refractivity contribution in [2.45, 2.75) is 19.4 Å². The van der Waals surface area contributed by atoms with E-state index >= 15 is 0 Å². The van der Waals surface area contributed by atoms with E-state index in [2.05, 4.69) is 52.7 Å². The second-order valence-electron chi connectivity index (χ2n) is 5.18. The number of pyridine rings is 1. The van der Waals surface area contributed by atoms with E-state index in [-0.39, 0.29) is 6.04 Å². The highest BCUT2D eigenvalue weighted by Gasteiger charge is 2.18. The van der Waals surface area contributed by atoms with Crippen LogP contribution in [0.2, 0.25) is 0 Å². The van der Waals surface area contributed by atoms with E-state index in [1.54, 1.807) is 0 Å². The Balaban J connectivity index is 2.12.